The lowest BCUT2D eigenvalue weighted by Gasteiger charge is -2.07. The van der Waals surface area contributed by atoms with Gasteiger partial charge in [-0.1, -0.05) is 42.5 Å². The molecule has 0 saturated carbocycles. The summed E-state index contributed by atoms with van der Waals surface area (Å²) in [5.41, 5.74) is 4.75. The molecule has 31 heavy (non-hydrogen) atoms. The third kappa shape index (κ3) is 5.58. The maximum absolute atomic E-state index is 12.3. The van der Waals surface area contributed by atoms with Crippen LogP contribution < -0.4 is 15.5 Å². The average molecular weight is 430 g/mol. The Morgan fingerprint density at radius 2 is 1.90 bits per heavy atom. The number of benzene rings is 2. The summed E-state index contributed by atoms with van der Waals surface area (Å²) in [7, 11) is 0. The zero-order chi connectivity index (χ0) is 21.5. The van der Waals surface area contributed by atoms with Gasteiger partial charge in [-0.05, 0) is 53.2 Å². The number of hydrogen-bond donors (Lipinski definition) is 2. The Balaban J connectivity index is 1.39. The van der Waals surface area contributed by atoms with Gasteiger partial charge in [-0.3, -0.25) is 19.9 Å². The fraction of sp³-hybridized carbons (Fsp3) is 0.0435. The molecule has 7 nitrogen and oxygen atoms in total. The third-order valence-corrected chi connectivity index (χ3v) is 5.17. The van der Waals surface area contributed by atoms with Crippen molar-refractivity contribution in [2.45, 2.75) is 6.61 Å². The van der Waals surface area contributed by atoms with Gasteiger partial charge in [0.1, 0.15) is 12.4 Å². The van der Waals surface area contributed by atoms with Gasteiger partial charge in [0.25, 0.3) is 11.8 Å². The van der Waals surface area contributed by atoms with E-state index in [1.807, 2.05) is 54.6 Å². The molecule has 8 heteroatoms. The minimum absolute atomic E-state index is 0.280. The Kier molecular flexibility index (Phi) is 6.39. The fourth-order valence-corrected chi connectivity index (χ4v) is 3.52. The van der Waals surface area contributed by atoms with E-state index in [1.165, 1.54) is 12.4 Å². The largest absolute Gasteiger partial charge is 0.489 e. The first-order chi connectivity index (χ1) is 15.2. The molecule has 2 aromatic carbocycles. The van der Waals surface area contributed by atoms with Gasteiger partial charge in [0.15, 0.2) is 5.17 Å². The van der Waals surface area contributed by atoms with Crippen LogP contribution in [0.4, 0.5) is 0 Å². The predicted molar refractivity (Wildman–Crippen MR) is 120 cm³/mol. The highest BCUT2D eigenvalue weighted by molar-refractivity contribution is 8.18. The molecule has 0 bridgehead atoms. The molecule has 1 aliphatic heterocycles. The van der Waals surface area contributed by atoms with E-state index in [4.69, 9.17) is 4.74 Å². The van der Waals surface area contributed by atoms with Gasteiger partial charge in [-0.25, -0.2) is 5.43 Å². The van der Waals surface area contributed by atoms with E-state index >= 15 is 0 Å². The van der Waals surface area contributed by atoms with Crippen molar-refractivity contribution in [1.29, 1.82) is 0 Å². The number of carbonyl (C=O) groups excluding carboxylic acids is 2. The van der Waals surface area contributed by atoms with Crippen LogP contribution >= 0.6 is 11.8 Å². The van der Waals surface area contributed by atoms with Crippen molar-refractivity contribution in [3.05, 3.63) is 101 Å². The molecule has 1 saturated heterocycles. The van der Waals surface area contributed by atoms with Crippen molar-refractivity contribution >= 4 is 34.8 Å². The lowest BCUT2D eigenvalue weighted by Crippen LogP contribution is -2.25. The second-order valence-corrected chi connectivity index (χ2v) is 7.54. The van der Waals surface area contributed by atoms with Crippen molar-refractivity contribution in [3.63, 3.8) is 0 Å². The molecular weight excluding hydrogens is 412 g/mol. The summed E-state index contributed by atoms with van der Waals surface area (Å²) in [5, 5.41) is 6.93. The molecule has 1 fully saturated rings. The second-order valence-electron chi connectivity index (χ2n) is 6.51. The number of rotatable bonds is 6. The highest BCUT2D eigenvalue weighted by Gasteiger charge is 2.24. The van der Waals surface area contributed by atoms with Crippen molar-refractivity contribution in [2.75, 3.05) is 0 Å². The first-order valence-electron chi connectivity index (χ1n) is 9.43. The molecule has 0 atom stereocenters. The van der Waals surface area contributed by atoms with Crippen LogP contribution in [0.15, 0.2) is 89.1 Å². The summed E-state index contributed by atoms with van der Waals surface area (Å²) in [6.07, 6.45) is 4.79. The van der Waals surface area contributed by atoms with Gasteiger partial charge in [-0.15, -0.1) is 5.10 Å². The number of amides is 2. The molecule has 4 rings (SSSR count). The smallest absolute Gasteiger partial charge is 0.271 e. The molecule has 2 amide bonds. The number of carbonyl (C=O) groups is 2. The molecular formula is C23H18N4O3S. The van der Waals surface area contributed by atoms with E-state index in [0.717, 1.165) is 22.9 Å². The molecule has 0 unspecified atom stereocenters. The molecule has 1 aromatic heterocycles. The van der Waals surface area contributed by atoms with Crippen molar-refractivity contribution < 1.29 is 14.3 Å². The van der Waals surface area contributed by atoms with Gasteiger partial charge in [0.05, 0.1) is 4.91 Å². The summed E-state index contributed by atoms with van der Waals surface area (Å²) >= 11 is 1.15. The maximum Gasteiger partial charge on any atom is 0.271 e. The Labute approximate surface area is 183 Å². The standard InChI is InChI=1S/C23H18N4O3S/c28-21(18-9-11-24-12-10-18)26-27-23-25-22(29)20(31-23)14-17-7-4-8-19(13-17)30-15-16-5-2-1-3-6-16/h1-14H,15H2,(H,26,28)(H,25,27,29)/b20-14-. The van der Waals surface area contributed by atoms with Gasteiger partial charge in [0, 0.05) is 18.0 Å². The quantitative estimate of drug-likeness (QED) is 0.461. The van der Waals surface area contributed by atoms with E-state index in [2.05, 4.69) is 20.8 Å². The number of amidine groups is 1. The predicted octanol–water partition coefficient (Wildman–Crippen LogP) is 3.57. The van der Waals surface area contributed by atoms with Crippen LogP contribution in [0.2, 0.25) is 0 Å². The Morgan fingerprint density at radius 3 is 2.71 bits per heavy atom. The van der Waals surface area contributed by atoms with E-state index in [9.17, 15) is 9.59 Å². The van der Waals surface area contributed by atoms with Gasteiger partial charge >= 0.3 is 0 Å². The van der Waals surface area contributed by atoms with Crippen molar-refractivity contribution in [3.8, 4) is 5.75 Å². The van der Waals surface area contributed by atoms with Crippen molar-refractivity contribution in [2.24, 2.45) is 5.10 Å². The van der Waals surface area contributed by atoms with Gasteiger partial charge in [-0.2, -0.15) is 0 Å². The normalized spacial score (nSPS) is 15.7. The van der Waals surface area contributed by atoms with E-state index < -0.39 is 0 Å². The first kappa shape index (κ1) is 20.4. The first-order valence-corrected chi connectivity index (χ1v) is 10.2. The number of thioether (sulfide) groups is 1. The molecule has 2 heterocycles. The minimum atomic E-state index is -0.384. The number of hydrogen-bond acceptors (Lipinski definition) is 6. The van der Waals surface area contributed by atoms with Crippen LogP contribution in [-0.4, -0.2) is 22.0 Å². The lowest BCUT2D eigenvalue weighted by atomic mass is 10.2. The van der Waals surface area contributed by atoms with Crippen LogP contribution in [0.3, 0.4) is 0 Å². The number of hydrazone groups is 1. The molecule has 1 aliphatic rings. The minimum Gasteiger partial charge on any atom is -0.489 e. The molecule has 0 radical (unpaired) electrons. The van der Waals surface area contributed by atoms with Gasteiger partial charge < -0.3 is 4.74 Å². The highest BCUT2D eigenvalue weighted by atomic mass is 32.2. The average Bonchev–Trinajstić information content (AvgIpc) is 3.16. The summed E-state index contributed by atoms with van der Waals surface area (Å²) in [5.74, 6) is 0.0445. The van der Waals surface area contributed by atoms with Crippen LogP contribution in [-0.2, 0) is 11.4 Å². The number of ether oxygens (including phenoxy) is 1. The van der Waals surface area contributed by atoms with Crippen LogP contribution in [0, 0.1) is 0 Å². The maximum atomic E-state index is 12.3. The number of aromatic nitrogens is 1. The summed E-state index contributed by atoms with van der Waals surface area (Å²) in [6, 6.07) is 20.5. The second kappa shape index (κ2) is 9.73. The number of nitrogens with zero attached hydrogens (tertiary/aromatic N) is 2. The third-order valence-electron chi connectivity index (χ3n) is 4.26. The SMILES string of the molecule is O=C1N/C(=N\NC(=O)c2ccncc2)S/C1=C\c1cccc(OCc2ccccc2)c1. The summed E-state index contributed by atoms with van der Waals surface area (Å²) in [6.45, 7) is 0.462. The zero-order valence-electron chi connectivity index (χ0n) is 16.3. The summed E-state index contributed by atoms with van der Waals surface area (Å²) in [4.78, 5) is 28.7. The monoisotopic (exact) mass is 430 g/mol. The van der Waals surface area contributed by atoms with Crippen LogP contribution in [0.1, 0.15) is 21.5 Å². The van der Waals surface area contributed by atoms with E-state index in [-0.39, 0.29) is 11.8 Å². The fourth-order valence-electron chi connectivity index (χ4n) is 2.74. The molecule has 154 valence electrons. The van der Waals surface area contributed by atoms with Crippen LogP contribution in [0.25, 0.3) is 6.08 Å². The highest BCUT2D eigenvalue weighted by Crippen LogP contribution is 2.27. The Morgan fingerprint density at radius 1 is 1.10 bits per heavy atom. The Hall–Kier alpha value is -3.91. The van der Waals surface area contributed by atoms with E-state index in [1.54, 1.807) is 18.2 Å². The van der Waals surface area contributed by atoms with E-state index in [0.29, 0.717) is 28.0 Å². The molecule has 3 aromatic rings. The summed E-state index contributed by atoms with van der Waals surface area (Å²) < 4.78 is 5.84. The molecule has 0 spiro atoms. The lowest BCUT2D eigenvalue weighted by molar-refractivity contribution is -0.115. The van der Waals surface area contributed by atoms with Crippen molar-refractivity contribution in [1.82, 2.24) is 15.7 Å². The van der Waals surface area contributed by atoms with Gasteiger partial charge in [0.2, 0.25) is 0 Å². The molecule has 0 aliphatic carbocycles. The molecule has 2 N–H and O–H groups in total. The zero-order valence-corrected chi connectivity index (χ0v) is 17.1. The van der Waals surface area contributed by atoms with Crippen LogP contribution in [0.5, 0.6) is 5.75 Å². The number of pyridine rings is 1. The number of nitrogens with one attached hydrogen (secondary N) is 2. The topological polar surface area (TPSA) is 92.7 Å². The Bertz CT molecular complexity index is 1150.